The second-order valence-electron chi connectivity index (χ2n) is 3.01. The van der Waals surface area contributed by atoms with Gasteiger partial charge < -0.3 is 5.11 Å². The van der Waals surface area contributed by atoms with Crippen molar-refractivity contribution >= 4 is 0 Å². The quantitative estimate of drug-likeness (QED) is 0.336. The van der Waals surface area contributed by atoms with E-state index in [2.05, 4.69) is 0 Å². The van der Waals surface area contributed by atoms with Gasteiger partial charge in [0, 0.05) is 0 Å². The van der Waals surface area contributed by atoms with Gasteiger partial charge in [0.25, 0.3) is 0 Å². The minimum atomic E-state index is -0.451. The monoisotopic (exact) mass is 124 g/mol. The summed E-state index contributed by atoms with van der Waals surface area (Å²) in [6.45, 7) is 7.54. The summed E-state index contributed by atoms with van der Waals surface area (Å²) in [5.74, 6) is 0. The SMILES string of the molecule is CC([O-])C(C)(C)C.[Na+]. The van der Waals surface area contributed by atoms with Crippen LogP contribution in [0.1, 0.15) is 27.7 Å². The molecule has 0 N–H and O–H groups in total. The molecule has 0 fully saturated rings. The number of hydrogen-bond donors (Lipinski definition) is 0. The normalized spacial score (nSPS) is 14.6. The molecule has 0 rings (SSSR count). The molecule has 0 amide bonds. The Hall–Kier alpha value is 0.960. The van der Waals surface area contributed by atoms with E-state index in [-0.39, 0.29) is 35.0 Å². The van der Waals surface area contributed by atoms with Gasteiger partial charge >= 0.3 is 29.6 Å². The summed E-state index contributed by atoms with van der Waals surface area (Å²) < 4.78 is 0. The van der Waals surface area contributed by atoms with Crippen LogP contribution in [-0.4, -0.2) is 6.10 Å². The molecule has 1 atom stereocenters. The van der Waals surface area contributed by atoms with Gasteiger partial charge in [0.05, 0.1) is 0 Å². The van der Waals surface area contributed by atoms with Crippen molar-refractivity contribution in [3.63, 3.8) is 0 Å². The largest absolute Gasteiger partial charge is 1.00 e. The van der Waals surface area contributed by atoms with E-state index in [9.17, 15) is 5.11 Å². The Labute approximate surface area is 73.8 Å². The molecule has 0 aromatic carbocycles. The first kappa shape index (κ1) is 11.7. The molecule has 1 unspecified atom stereocenters. The van der Waals surface area contributed by atoms with Gasteiger partial charge in [-0.2, -0.15) is 0 Å². The topological polar surface area (TPSA) is 23.1 Å². The van der Waals surface area contributed by atoms with E-state index in [0.29, 0.717) is 0 Å². The molecule has 0 spiro atoms. The van der Waals surface area contributed by atoms with E-state index in [4.69, 9.17) is 0 Å². The van der Waals surface area contributed by atoms with Gasteiger partial charge in [-0.15, -0.1) is 6.10 Å². The summed E-state index contributed by atoms with van der Waals surface area (Å²) in [4.78, 5) is 0. The third-order valence-electron chi connectivity index (χ3n) is 1.22. The van der Waals surface area contributed by atoms with Gasteiger partial charge in [0.1, 0.15) is 0 Å². The first-order valence-electron chi connectivity index (χ1n) is 2.60. The number of rotatable bonds is 0. The van der Waals surface area contributed by atoms with E-state index in [1.165, 1.54) is 0 Å². The van der Waals surface area contributed by atoms with Gasteiger partial charge in [0.2, 0.25) is 0 Å². The summed E-state index contributed by atoms with van der Waals surface area (Å²) >= 11 is 0. The first-order chi connectivity index (χ1) is 2.94. The van der Waals surface area contributed by atoms with Crippen molar-refractivity contribution in [3.8, 4) is 0 Å². The predicted molar refractivity (Wildman–Crippen MR) is 28.9 cm³/mol. The van der Waals surface area contributed by atoms with Crippen LogP contribution in [0, 0.1) is 5.41 Å². The van der Waals surface area contributed by atoms with E-state index in [1.807, 2.05) is 20.8 Å². The van der Waals surface area contributed by atoms with Crippen LogP contribution in [0.25, 0.3) is 0 Å². The van der Waals surface area contributed by atoms with Gasteiger partial charge in [-0.05, 0) is 0 Å². The summed E-state index contributed by atoms with van der Waals surface area (Å²) in [6, 6.07) is 0. The maximum atomic E-state index is 10.5. The van der Waals surface area contributed by atoms with Gasteiger partial charge in [-0.3, -0.25) is 0 Å². The number of hydrogen-bond acceptors (Lipinski definition) is 1. The molecule has 44 valence electrons. The van der Waals surface area contributed by atoms with Crippen LogP contribution in [0.5, 0.6) is 0 Å². The summed E-state index contributed by atoms with van der Waals surface area (Å²) in [6.07, 6.45) is -0.451. The summed E-state index contributed by atoms with van der Waals surface area (Å²) in [5, 5.41) is 10.5. The molecular formula is C6H13NaO. The Morgan fingerprint density at radius 2 is 1.38 bits per heavy atom. The molecule has 8 heavy (non-hydrogen) atoms. The van der Waals surface area contributed by atoms with Crippen LogP contribution >= 0.6 is 0 Å². The van der Waals surface area contributed by atoms with Crippen LogP contribution in [0.15, 0.2) is 0 Å². The van der Waals surface area contributed by atoms with Gasteiger partial charge in [-0.25, -0.2) is 0 Å². The molecular weight excluding hydrogens is 111 g/mol. The molecule has 2 heteroatoms. The zero-order chi connectivity index (χ0) is 6.08. The van der Waals surface area contributed by atoms with Crippen molar-refractivity contribution in [2.24, 2.45) is 5.41 Å². The Morgan fingerprint density at radius 3 is 1.38 bits per heavy atom. The molecule has 0 saturated carbocycles. The summed E-state index contributed by atoms with van der Waals surface area (Å²) in [5.41, 5.74) is -0.0556. The van der Waals surface area contributed by atoms with Crippen molar-refractivity contribution in [2.45, 2.75) is 33.8 Å². The maximum absolute atomic E-state index is 10.5. The Kier molecular flexibility index (Phi) is 5.69. The Balaban J connectivity index is 0. The van der Waals surface area contributed by atoms with E-state index < -0.39 is 6.10 Å². The van der Waals surface area contributed by atoms with E-state index in [0.717, 1.165) is 0 Å². The Bertz CT molecular complexity index is 54.0. The Morgan fingerprint density at radius 1 is 1.25 bits per heavy atom. The van der Waals surface area contributed by atoms with Gasteiger partial charge in [-0.1, -0.05) is 33.1 Å². The minimum Gasteiger partial charge on any atom is -0.852 e. The molecule has 0 aromatic heterocycles. The smallest absolute Gasteiger partial charge is 0.852 e. The third-order valence-corrected chi connectivity index (χ3v) is 1.22. The van der Waals surface area contributed by atoms with Crippen LogP contribution < -0.4 is 34.7 Å². The molecule has 0 heterocycles. The van der Waals surface area contributed by atoms with Crippen LogP contribution in [-0.2, 0) is 0 Å². The standard InChI is InChI=1S/C6H13O.Na/c1-5(7)6(2,3)4;/h5H,1-4H3;/q-1;+1. The van der Waals surface area contributed by atoms with Crippen molar-refractivity contribution in [2.75, 3.05) is 0 Å². The average molecular weight is 124 g/mol. The van der Waals surface area contributed by atoms with Crippen molar-refractivity contribution in [3.05, 3.63) is 0 Å². The van der Waals surface area contributed by atoms with Crippen molar-refractivity contribution in [1.29, 1.82) is 0 Å². The molecule has 0 aliphatic rings. The molecule has 1 nitrogen and oxygen atoms in total. The van der Waals surface area contributed by atoms with Crippen molar-refractivity contribution < 1.29 is 34.7 Å². The second kappa shape index (κ2) is 3.89. The second-order valence-corrected chi connectivity index (χ2v) is 3.01. The fraction of sp³-hybridized carbons (Fsp3) is 1.00. The van der Waals surface area contributed by atoms with Crippen molar-refractivity contribution in [1.82, 2.24) is 0 Å². The van der Waals surface area contributed by atoms with E-state index >= 15 is 0 Å². The first-order valence-corrected chi connectivity index (χ1v) is 2.60. The molecule has 0 radical (unpaired) electrons. The van der Waals surface area contributed by atoms with Crippen LogP contribution in [0.3, 0.4) is 0 Å². The summed E-state index contributed by atoms with van der Waals surface area (Å²) in [7, 11) is 0. The molecule has 0 aliphatic heterocycles. The predicted octanol–water partition coefficient (Wildman–Crippen LogP) is -2.21. The molecule has 0 bridgehead atoms. The van der Waals surface area contributed by atoms with Gasteiger partial charge in [0.15, 0.2) is 0 Å². The molecule has 0 saturated heterocycles. The van der Waals surface area contributed by atoms with E-state index in [1.54, 1.807) is 6.92 Å². The fourth-order valence-electron chi connectivity index (χ4n) is 0. The molecule has 0 aliphatic carbocycles. The van der Waals surface area contributed by atoms with Crippen LogP contribution in [0.2, 0.25) is 0 Å². The maximum Gasteiger partial charge on any atom is 1.00 e. The molecule has 0 aromatic rings. The fourth-order valence-corrected chi connectivity index (χ4v) is 0. The average Bonchev–Trinajstić information content (AvgIpc) is 1.31. The zero-order valence-electron chi connectivity index (χ0n) is 6.49. The minimum absolute atomic E-state index is 0. The zero-order valence-corrected chi connectivity index (χ0v) is 8.49. The van der Waals surface area contributed by atoms with Crippen LogP contribution in [0.4, 0.5) is 0 Å². The third kappa shape index (κ3) is 5.10.